The standard InChI is InChI=1S/C18H21N3O4/c1-25-15-7-3-2-5-12(15)16(22)19-9-10-21-14(11-19)18(24)20-8-4-6-13(20)17(21)23/h2-3,5,7,13-14H,4,6,8-11H2,1H3/t13-,14+/m0/s1. The highest BCUT2D eigenvalue weighted by Gasteiger charge is 2.50. The van der Waals surface area contributed by atoms with E-state index < -0.39 is 6.04 Å². The molecular weight excluding hydrogens is 322 g/mol. The summed E-state index contributed by atoms with van der Waals surface area (Å²) in [6.45, 7) is 1.71. The first-order valence-corrected chi connectivity index (χ1v) is 8.65. The van der Waals surface area contributed by atoms with E-state index in [4.69, 9.17) is 4.74 Å². The maximum absolute atomic E-state index is 12.9. The number of para-hydroxylation sites is 1. The predicted molar refractivity (Wildman–Crippen MR) is 89.1 cm³/mol. The molecule has 2 atom stereocenters. The minimum absolute atomic E-state index is 0.0281. The zero-order chi connectivity index (χ0) is 17.6. The number of carbonyl (C=O) groups excluding carboxylic acids is 3. The van der Waals surface area contributed by atoms with Crippen LogP contribution in [0.4, 0.5) is 0 Å². The zero-order valence-corrected chi connectivity index (χ0v) is 14.2. The fourth-order valence-electron chi connectivity index (χ4n) is 4.10. The van der Waals surface area contributed by atoms with Crippen LogP contribution in [0, 0.1) is 0 Å². The van der Waals surface area contributed by atoms with Crippen molar-refractivity contribution in [3.63, 3.8) is 0 Å². The number of ether oxygens (including phenoxy) is 1. The van der Waals surface area contributed by atoms with Crippen molar-refractivity contribution in [2.75, 3.05) is 33.3 Å². The Morgan fingerprint density at radius 3 is 2.56 bits per heavy atom. The number of amides is 3. The summed E-state index contributed by atoms with van der Waals surface area (Å²) in [6.07, 6.45) is 1.62. The molecule has 4 rings (SSSR count). The second-order valence-corrected chi connectivity index (χ2v) is 6.69. The van der Waals surface area contributed by atoms with Crippen LogP contribution in [0.2, 0.25) is 0 Å². The molecule has 3 aliphatic rings. The third-order valence-corrected chi connectivity index (χ3v) is 5.39. The van der Waals surface area contributed by atoms with Gasteiger partial charge >= 0.3 is 0 Å². The number of hydrogen-bond donors (Lipinski definition) is 0. The predicted octanol–water partition coefficient (Wildman–Crippen LogP) is 0.353. The summed E-state index contributed by atoms with van der Waals surface area (Å²) in [5.41, 5.74) is 0.479. The lowest BCUT2D eigenvalue weighted by molar-refractivity contribution is -0.162. The van der Waals surface area contributed by atoms with Gasteiger partial charge in [0.2, 0.25) is 11.8 Å². The van der Waals surface area contributed by atoms with Crippen LogP contribution < -0.4 is 4.74 Å². The van der Waals surface area contributed by atoms with Gasteiger partial charge in [-0.3, -0.25) is 14.4 Å². The molecule has 3 fully saturated rings. The smallest absolute Gasteiger partial charge is 0.257 e. The lowest BCUT2D eigenvalue weighted by Gasteiger charge is -2.47. The maximum atomic E-state index is 12.9. The molecule has 0 aliphatic carbocycles. The normalized spacial score (nSPS) is 25.7. The second-order valence-electron chi connectivity index (χ2n) is 6.69. The van der Waals surface area contributed by atoms with Crippen LogP contribution in [0.15, 0.2) is 24.3 Å². The molecule has 3 aliphatic heterocycles. The summed E-state index contributed by atoms with van der Waals surface area (Å²) in [5, 5.41) is 0. The molecule has 7 nitrogen and oxygen atoms in total. The number of benzene rings is 1. The Kier molecular flexibility index (Phi) is 3.86. The Labute approximate surface area is 146 Å². The SMILES string of the molecule is COc1ccccc1C(=O)N1CCN2C(=O)[C@@H]3CCCN3C(=O)[C@H]2C1. The second kappa shape index (κ2) is 6.06. The summed E-state index contributed by atoms with van der Waals surface area (Å²) < 4.78 is 5.27. The quantitative estimate of drug-likeness (QED) is 0.777. The largest absolute Gasteiger partial charge is 0.496 e. The van der Waals surface area contributed by atoms with Gasteiger partial charge in [0.05, 0.1) is 19.2 Å². The molecule has 3 amide bonds. The first kappa shape index (κ1) is 15.9. The van der Waals surface area contributed by atoms with E-state index >= 15 is 0 Å². The van der Waals surface area contributed by atoms with Crippen LogP contribution in [-0.2, 0) is 9.59 Å². The Bertz CT molecular complexity index is 735. The molecule has 3 saturated heterocycles. The number of rotatable bonds is 2. The van der Waals surface area contributed by atoms with Crippen molar-refractivity contribution in [1.29, 1.82) is 0 Å². The highest BCUT2D eigenvalue weighted by atomic mass is 16.5. The summed E-state index contributed by atoms with van der Waals surface area (Å²) >= 11 is 0. The lowest BCUT2D eigenvalue weighted by Crippen LogP contribution is -2.69. The van der Waals surface area contributed by atoms with Gasteiger partial charge in [-0.15, -0.1) is 0 Å². The third kappa shape index (κ3) is 2.45. The van der Waals surface area contributed by atoms with E-state index in [9.17, 15) is 14.4 Å². The van der Waals surface area contributed by atoms with Crippen molar-refractivity contribution in [2.45, 2.75) is 24.9 Å². The molecule has 0 radical (unpaired) electrons. The van der Waals surface area contributed by atoms with Crippen molar-refractivity contribution in [3.8, 4) is 5.75 Å². The van der Waals surface area contributed by atoms with Crippen LogP contribution >= 0.6 is 0 Å². The Balaban J connectivity index is 1.57. The minimum Gasteiger partial charge on any atom is -0.496 e. The average molecular weight is 343 g/mol. The van der Waals surface area contributed by atoms with Gasteiger partial charge in [-0.2, -0.15) is 0 Å². The van der Waals surface area contributed by atoms with E-state index in [0.717, 1.165) is 12.8 Å². The van der Waals surface area contributed by atoms with Gasteiger partial charge in [-0.1, -0.05) is 12.1 Å². The Hall–Kier alpha value is -2.57. The number of piperazine rings is 2. The molecule has 3 heterocycles. The summed E-state index contributed by atoms with van der Waals surface area (Å²) in [5.74, 6) is 0.354. The molecule has 0 N–H and O–H groups in total. The Morgan fingerprint density at radius 2 is 1.76 bits per heavy atom. The number of carbonyl (C=O) groups is 3. The van der Waals surface area contributed by atoms with Gasteiger partial charge in [-0.25, -0.2) is 0 Å². The van der Waals surface area contributed by atoms with E-state index in [-0.39, 0.29) is 30.3 Å². The number of fused-ring (bicyclic) bond motifs is 2. The Morgan fingerprint density at radius 1 is 1.04 bits per heavy atom. The zero-order valence-electron chi connectivity index (χ0n) is 14.2. The number of hydrogen-bond acceptors (Lipinski definition) is 4. The topological polar surface area (TPSA) is 70.2 Å². The summed E-state index contributed by atoms with van der Waals surface area (Å²) in [6, 6.07) is 6.21. The van der Waals surface area contributed by atoms with Crippen LogP contribution in [0.1, 0.15) is 23.2 Å². The van der Waals surface area contributed by atoms with E-state index in [2.05, 4.69) is 0 Å². The fourth-order valence-corrected chi connectivity index (χ4v) is 4.10. The molecule has 0 spiro atoms. The molecule has 1 aromatic rings. The maximum Gasteiger partial charge on any atom is 0.257 e. The average Bonchev–Trinajstić information content (AvgIpc) is 3.15. The van der Waals surface area contributed by atoms with Crippen molar-refractivity contribution in [2.24, 2.45) is 0 Å². The van der Waals surface area contributed by atoms with Gasteiger partial charge in [-0.05, 0) is 25.0 Å². The first-order valence-electron chi connectivity index (χ1n) is 8.65. The highest BCUT2D eigenvalue weighted by Crippen LogP contribution is 2.29. The van der Waals surface area contributed by atoms with Crippen molar-refractivity contribution in [1.82, 2.24) is 14.7 Å². The summed E-state index contributed by atoms with van der Waals surface area (Å²) in [4.78, 5) is 43.3. The van der Waals surface area contributed by atoms with Gasteiger partial charge in [0.15, 0.2) is 0 Å². The molecule has 0 saturated carbocycles. The van der Waals surface area contributed by atoms with Gasteiger partial charge in [0, 0.05) is 19.6 Å². The first-order chi connectivity index (χ1) is 12.1. The van der Waals surface area contributed by atoms with Gasteiger partial charge in [0.1, 0.15) is 17.8 Å². The van der Waals surface area contributed by atoms with E-state index in [1.807, 2.05) is 6.07 Å². The molecule has 132 valence electrons. The number of nitrogens with zero attached hydrogens (tertiary/aromatic N) is 3. The fraction of sp³-hybridized carbons (Fsp3) is 0.500. The van der Waals surface area contributed by atoms with Crippen LogP contribution in [0.5, 0.6) is 5.75 Å². The molecule has 1 aromatic carbocycles. The van der Waals surface area contributed by atoms with Crippen molar-refractivity contribution in [3.05, 3.63) is 29.8 Å². The van der Waals surface area contributed by atoms with E-state index in [1.165, 1.54) is 7.11 Å². The van der Waals surface area contributed by atoms with Gasteiger partial charge in [0.25, 0.3) is 5.91 Å². The monoisotopic (exact) mass is 343 g/mol. The van der Waals surface area contributed by atoms with Gasteiger partial charge < -0.3 is 19.4 Å². The van der Waals surface area contributed by atoms with Crippen molar-refractivity contribution < 1.29 is 19.1 Å². The molecule has 25 heavy (non-hydrogen) atoms. The molecule has 0 unspecified atom stereocenters. The molecule has 0 bridgehead atoms. The van der Waals surface area contributed by atoms with Crippen LogP contribution in [-0.4, -0.2) is 77.8 Å². The molecule has 7 heteroatoms. The summed E-state index contributed by atoms with van der Waals surface area (Å²) in [7, 11) is 1.53. The third-order valence-electron chi connectivity index (χ3n) is 5.39. The van der Waals surface area contributed by atoms with Crippen molar-refractivity contribution >= 4 is 17.7 Å². The highest BCUT2D eigenvalue weighted by molar-refractivity contribution is 6.00. The van der Waals surface area contributed by atoms with Crippen LogP contribution in [0.3, 0.4) is 0 Å². The minimum atomic E-state index is -0.561. The molecule has 0 aromatic heterocycles. The number of methoxy groups -OCH3 is 1. The molecular formula is C18H21N3O4. The van der Waals surface area contributed by atoms with Crippen LogP contribution in [0.25, 0.3) is 0 Å². The van der Waals surface area contributed by atoms with E-state index in [0.29, 0.717) is 30.9 Å². The van der Waals surface area contributed by atoms with E-state index in [1.54, 1.807) is 32.9 Å². The lowest BCUT2D eigenvalue weighted by atomic mass is 10.0.